The molecule has 160 valence electrons. The smallest absolute Gasteiger partial charge is 0.300 e. The van der Waals surface area contributed by atoms with E-state index in [0.29, 0.717) is 16.5 Å². The van der Waals surface area contributed by atoms with Gasteiger partial charge in [0, 0.05) is 43.1 Å². The SMILES string of the molecule is CP(C)(=O)c1c(N)ccc2nccnc12.Cc1c(N)ccc2nccnc12.[CH2+]C(C)=O. The lowest BCUT2D eigenvalue weighted by Gasteiger charge is -2.12. The van der Waals surface area contributed by atoms with E-state index in [2.05, 4.69) is 26.9 Å². The summed E-state index contributed by atoms with van der Waals surface area (Å²) in [6.45, 7) is 9.74. The molecule has 0 spiro atoms. The highest BCUT2D eigenvalue weighted by Crippen LogP contribution is 2.39. The van der Waals surface area contributed by atoms with Gasteiger partial charge in [0.2, 0.25) is 0 Å². The molecule has 0 aliphatic rings. The molecule has 8 nitrogen and oxygen atoms in total. The average Bonchev–Trinajstić information content (AvgIpc) is 2.70. The maximum absolute atomic E-state index is 12.1. The van der Waals surface area contributed by atoms with Gasteiger partial charge in [0.05, 0.1) is 21.9 Å². The normalized spacial score (nSPS) is 10.6. The highest BCUT2D eigenvalue weighted by molar-refractivity contribution is 7.71. The first kappa shape index (κ1) is 23.8. The monoisotopic (exact) mass is 437 g/mol. The van der Waals surface area contributed by atoms with Crippen molar-refractivity contribution in [1.29, 1.82) is 0 Å². The van der Waals surface area contributed by atoms with Crippen LogP contribution in [0.15, 0.2) is 49.1 Å². The molecule has 2 aromatic carbocycles. The highest BCUT2D eigenvalue weighted by Gasteiger charge is 2.19. The summed E-state index contributed by atoms with van der Waals surface area (Å²) in [7, 11) is -2.43. The molecule has 0 atom stereocenters. The third-order valence-corrected chi connectivity index (χ3v) is 5.67. The Bertz CT molecular complexity index is 1270. The summed E-state index contributed by atoms with van der Waals surface area (Å²) in [5.41, 5.74) is 17.0. The molecule has 0 radical (unpaired) electrons. The zero-order chi connectivity index (χ0) is 23.2. The number of rotatable bonds is 1. The predicted octanol–water partition coefficient (Wildman–Crippen LogP) is 3.39. The summed E-state index contributed by atoms with van der Waals surface area (Å²) < 4.78 is 12.1. The van der Waals surface area contributed by atoms with Gasteiger partial charge in [-0.3, -0.25) is 19.9 Å². The fourth-order valence-corrected chi connectivity index (χ4v) is 4.17. The topological polar surface area (TPSA) is 138 Å². The Kier molecular flexibility index (Phi) is 7.67. The van der Waals surface area contributed by atoms with Crippen LogP contribution in [0.5, 0.6) is 0 Å². The minimum atomic E-state index is -2.43. The lowest BCUT2D eigenvalue weighted by Crippen LogP contribution is -2.12. The van der Waals surface area contributed by atoms with Crippen molar-refractivity contribution < 1.29 is 9.36 Å². The van der Waals surface area contributed by atoms with Crippen LogP contribution in [0.3, 0.4) is 0 Å². The molecule has 2 aromatic heterocycles. The zero-order valence-electron chi connectivity index (χ0n) is 18.0. The molecule has 4 N–H and O–H groups in total. The molecule has 0 amide bonds. The van der Waals surface area contributed by atoms with Gasteiger partial charge in [-0.1, -0.05) is 0 Å². The molecule has 31 heavy (non-hydrogen) atoms. The number of aryl methyl sites for hydroxylation is 1. The van der Waals surface area contributed by atoms with Gasteiger partial charge in [-0.15, -0.1) is 0 Å². The van der Waals surface area contributed by atoms with Gasteiger partial charge >= 0.3 is 0 Å². The number of carbonyl (C=O) groups excluding carboxylic acids is 1. The van der Waals surface area contributed by atoms with E-state index in [1.165, 1.54) is 6.92 Å². The summed E-state index contributed by atoms with van der Waals surface area (Å²) in [4.78, 5) is 26.0. The van der Waals surface area contributed by atoms with Gasteiger partial charge in [-0.2, -0.15) is 0 Å². The number of Topliss-reactive ketones (excluding diaryl/α,β-unsaturated/α-hetero) is 1. The summed E-state index contributed by atoms with van der Waals surface area (Å²) >= 11 is 0. The van der Waals surface area contributed by atoms with Crippen molar-refractivity contribution in [3.8, 4) is 0 Å². The van der Waals surface area contributed by atoms with E-state index in [4.69, 9.17) is 11.5 Å². The lowest BCUT2D eigenvalue weighted by atomic mass is 10.1. The van der Waals surface area contributed by atoms with Gasteiger partial charge < -0.3 is 16.0 Å². The van der Waals surface area contributed by atoms with Crippen molar-refractivity contribution in [2.45, 2.75) is 13.8 Å². The van der Waals surface area contributed by atoms with E-state index >= 15 is 0 Å². The maximum Gasteiger partial charge on any atom is 0.300 e. The number of hydrogen-bond donors (Lipinski definition) is 2. The molecule has 0 bridgehead atoms. The molecular formula is C22H26N6O2P+. The second kappa shape index (κ2) is 10.00. The summed E-state index contributed by atoms with van der Waals surface area (Å²) in [6.07, 6.45) is 6.55. The van der Waals surface area contributed by atoms with Crippen LogP contribution in [0.25, 0.3) is 22.1 Å². The number of carbonyl (C=O) groups is 1. The molecule has 2 heterocycles. The molecule has 0 saturated carbocycles. The zero-order valence-corrected chi connectivity index (χ0v) is 18.9. The van der Waals surface area contributed by atoms with E-state index in [1.807, 2.05) is 19.1 Å². The number of nitrogens with zero attached hydrogens (tertiary/aromatic N) is 4. The Labute approximate surface area is 181 Å². The third kappa shape index (κ3) is 6.23. The Morgan fingerprint density at radius 1 is 0.839 bits per heavy atom. The standard InChI is InChI=1S/C10H12N3OP.C9H9N3.C3H5O/c1-15(2,14)10-7(11)3-4-8-9(10)13-6-5-12-8;1-6-7(10)2-3-8-9(6)12-5-4-11-8;1-3(2)4/h3-6H,11H2,1-2H3;2-5H,10H2,1H3;1H2,2H3/q;;+1. The molecule has 4 aromatic rings. The summed E-state index contributed by atoms with van der Waals surface area (Å²) in [5, 5.41) is 0.633. The first-order chi connectivity index (χ1) is 14.5. The van der Waals surface area contributed by atoms with Crippen LogP contribution in [0.2, 0.25) is 0 Å². The van der Waals surface area contributed by atoms with Crippen LogP contribution >= 0.6 is 7.14 Å². The van der Waals surface area contributed by atoms with Crippen molar-refractivity contribution in [2.75, 3.05) is 24.8 Å². The van der Waals surface area contributed by atoms with Crippen LogP contribution in [0, 0.1) is 13.8 Å². The largest absolute Gasteiger partial charge is 0.398 e. The first-order valence-electron chi connectivity index (χ1n) is 9.35. The molecule has 0 unspecified atom stereocenters. The first-order valence-corrected chi connectivity index (χ1v) is 12.0. The molecule has 0 saturated heterocycles. The molecule has 0 aliphatic heterocycles. The minimum Gasteiger partial charge on any atom is -0.398 e. The molecule has 9 heteroatoms. The van der Waals surface area contributed by atoms with Crippen molar-refractivity contribution in [1.82, 2.24) is 19.9 Å². The number of hydrogen-bond acceptors (Lipinski definition) is 8. The Balaban J connectivity index is 0.000000192. The summed E-state index contributed by atoms with van der Waals surface area (Å²) in [6, 6.07) is 7.25. The molecule has 0 fully saturated rings. The van der Waals surface area contributed by atoms with Gasteiger partial charge in [0.15, 0.2) is 0 Å². The average molecular weight is 437 g/mol. The molecule has 0 aliphatic carbocycles. The maximum atomic E-state index is 12.1. The minimum absolute atomic E-state index is 0.0833. The molecular weight excluding hydrogens is 411 g/mol. The van der Waals surface area contributed by atoms with E-state index in [9.17, 15) is 9.36 Å². The Morgan fingerprint density at radius 2 is 1.26 bits per heavy atom. The van der Waals surface area contributed by atoms with E-state index in [0.717, 1.165) is 27.8 Å². The van der Waals surface area contributed by atoms with Crippen LogP contribution in [-0.2, 0) is 9.36 Å². The van der Waals surface area contributed by atoms with Gasteiger partial charge in [0.25, 0.3) is 5.78 Å². The number of ketones is 1. The second-order valence-electron chi connectivity index (χ2n) is 7.18. The fraction of sp³-hybridized carbons (Fsp3) is 0.182. The third-order valence-electron chi connectivity index (χ3n) is 4.12. The fourth-order valence-electron chi connectivity index (χ4n) is 2.79. The van der Waals surface area contributed by atoms with Crippen molar-refractivity contribution >= 4 is 51.7 Å². The quantitative estimate of drug-likeness (QED) is 0.263. The Morgan fingerprint density at radius 3 is 1.77 bits per heavy atom. The van der Waals surface area contributed by atoms with Crippen LogP contribution < -0.4 is 16.8 Å². The van der Waals surface area contributed by atoms with Gasteiger partial charge in [0.1, 0.15) is 19.6 Å². The highest BCUT2D eigenvalue weighted by atomic mass is 31.2. The van der Waals surface area contributed by atoms with Crippen molar-refractivity contribution in [3.63, 3.8) is 0 Å². The van der Waals surface area contributed by atoms with E-state index < -0.39 is 7.14 Å². The van der Waals surface area contributed by atoms with Crippen LogP contribution in [-0.4, -0.2) is 39.0 Å². The summed E-state index contributed by atoms with van der Waals surface area (Å²) in [5.74, 6) is -0.0833. The number of aromatic nitrogens is 4. The Hall–Kier alpha value is -3.51. The number of nitrogen functional groups attached to an aromatic ring is 2. The predicted molar refractivity (Wildman–Crippen MR) is 128 cm³/mol. The second-order valence-corrected chi connectivity index (χ2v) is 10.3. The van der Waals surface area contributed by atoms with Crippen LogP contribution in [0.4, 0.5) is 11.4 Å². The van der Waals surface area contributed by atoms with Gasteiger partial charge in [-0.25, -0.2) is 4.79 Å². The number of nitrogens with two attached hydrogens (primary N) is 2. The van der Waals surface area contributed by atoms with Crippen LogP contribution in [0.1, 0.15) is 12.5 Å². The van der Waals surface area contributed by atoms with E-state index in [-0.39, 0.29) is 5.78 Å². The number of benzene rings is 2. The lowest BCUT2D eigenvalue weighted by molar-refractivity contribution is -0.112. The number of anilines is 2. The molecule has 4 rings (SSSR count). The number of fused-ring (bicyclic) bond motifs is 2. The van der Waals surface area contributed by atoms with Crippen molar-refractivity contribution in [3.05, 3.63) is 61.5 Å². The van der Waals surface area contributed by atoms with Gasteiger partial charge in [-0.05, 0) is 50.1 Å². The van der Waals surface area contributed by atoms with Crippen molar-refractivity contribution in [2.24, 2.45) is 0 Å². The van der Waals surface area contributed by atoms with E-state index in [1.54, 1.807) is 50.2 Å².